The van der Waals surface area contributed by atoms with Gasteiger partial charge in [-0.05, 0) is 56.1 Å². The van der Waals surface area contributed by atoms with E-state index in [0.29, 0.717) is 0 Å². The number of para-hydroxylation sites is 4. The molecule has 0 atom stereocenters. The largest absolute Gasteiger partial charge is 0.307 e. The molecule has 0 N–H and O–H groups in total. The van der Waals surface area contributed by atoms with Crippen molar-refractivity contribution in [2.45, 2.75) is 0 Å². The van der Waals surface area contributed by atoms with Crippen molar-refractivity contribution in [3.05, 3.63) is 255 Å². The van der Waals surface area contributed by atoms with E-state index >= 15 is 0 Å². The quantitative estimate of drug-likeness (QED) is 0.107. The molecule has 63 heavy (non-hydrogen) atoms. The summed E-state index contributed by atoms with van der Waals surface area (Å²) >= 11 is 0. The zero-order valence-electron chi connectivity index (χ0n) is 34.6. The van der Waals surface area contributed by atoms with E-state index in [1.165, 1.54) is 86.6 Å². The zero-order chi connectivity index (χ0) is 41.7. The van der Waals surface area contributed by atoms with Gasteiger partial charge in [0.05, 0.1) is 33.4 Å². The molecule has 0 aliphatic heterocycles. The molecular weight excluding hydrogens is 777 g/mol. The number of fused-ring (bicyclic) bond motifs is 6. The fourth-order valence-corrected chi connectivity index (χ4v) is 15.5. The lowest BCUT2D eigenvalue weighted by atomic mass is 10.0. The SMILES string of the molecule is c1ccc(-c2ccccc2-n2c3ccccc3c3cccc(-n4c5ccccc5c5c([Si](c6ccccc6)(c6ccccc6)c6ccccc6)ccc(-c6ccccc6)c54)c32)cc1. The van der Waals surface area contributed by atoms with Crippen LogP contribution < -0.4 is 20.7 Å². The molecule has 0 fully saturated rings. The van der Waals surface area contributed by atoms with Crippen LogP contribution in [0.1, 0.15) is 0 Å². The summed E-state index contributed by atoms with van der Waals surface area (Å²) in [6.45, 7) is 0. The maximum absolute atomic E-state index is 3.00. The second-order valence-corrected chi connectivity index (χ2v) is 20.1. The van der Waals surface area contributed by atoms with Crippen molar-refractivity contribution in [2.75, 3.05) is 0 Å². The number of benzene rings is 10. The Bertz CT molecular complexity index is 3500. The van der Waals surface area contributed by atoms with Crippen LogP contribution in [-0.4, -0.2) is 17.2 Å². The lowest BCUT2D eigenvalue weighted by molar-refractivity contribution is 1.13. The van der Waals surface area contributed by atoms with E-state index < -0.39 is 8.07 Å². The molecule has 10 aromatic carbocycles. The standard InChI is InChI=1S/C60H42N2Si/c1-6-23-43(24-7-1)48-33-16-19-37-53(48)61-54-38-20-17-34-50(54)51-36-22-40-56(59(51)61)62-55-39-21-18-35-52(55)58-57(42-41-49(60(58)62)44-25-8-2-9-26-44)63(45-27-10-3-11-28-45,46-29-12-4-13-30-46)47-31-14-5-15-32-47/h1-42H. The van der Waals surface area contributed by atoms with E-state index in [4.69, 9.17) is 0 Å². The van der Waals surface area contributed by atoms with Gasteiger partial charge in [0.15, 0.2) is 8.07 Å². The van der Waals surface area contributed by atoms with E-state index in [9.17, 15) is 0 Å². The number of rotatable bonds is 8. The molecule has 12 aromatic rings. The molecule has 2 heterocycles. The molecule has 2 nitrogen and oxygen atoms in total. The first-order valence-corrected chi connectivity index (χ1v) is 23.8. The van der Waals surface area contributed by atoms with Crippen molar-refractivity contribution in [1.29, 1.82) is 0 Å². The van der Waals surface area contributed by atoms with Gasteiger partial charge in [-0.15, -0.1) is 0 Å². The van der Waals surface area contributed by atoms with E-state index in [1.807, 2.05) is 0 Å². The van der Waals surface area contributed by atoms with Crippen LogP contribution in [0.5, 0.6) is 0 Å². The Kier molecular flexibility index (Phi) is 8.87. The third-order valence-electron chi connectivity index (χ3n) is 13.1. The van der Waals surface area contributed by atoms with Crippen molar-refractivity contribution >= 4 is 72.4 Å². The van der Waals surface area contributed by atoms with Gasteiger partial charge in [0.25, 0.3) is 0 Å². The third kappa shape index (κ3) is 5.71. The first-order chi connectivity index (χ1) is 31.3. The second-order valence-electron chi connectivity index (χ2n) is 16.4. The summed E-state index contributed by atoms with van der Waals surface area (Å²) in [6, 6.07) is 94.4. The first kappa shape index (κ1) is 36.8. The van der Waals surface area contributed by atoms with Crippen molar-refractivity contribution in [2.24, 2.45) is 0 Å². The minimum atomic E-state index is -3.00. The van der Waals surface area contributed by atoms with E-state index in [0.717, 1.165) is 11.4 Å². The summed E-state index contributed by atoms with van der Waals surface area (Å²) in [5.74, 6) is 0. The number of hydrogen-bond acceptors (Lipinski definition) is 0. The van der Waals surface area contributed by atoms with Crippen LogP contribution in [0.25, 0.3) is 77.2 Å². The Morgan fingerprint density at radius 2 is 0.698 bits per heavy atom. The predicted octanol–water partition coefficient (Wildman–Crippen LogP) is 12.6. The summed E-state index contributed by atoms with van der Waals surface area (Å²) in [4.78, 5) is 0. The van der Waals surface area contributed by atoms with Crippen LogP contribution in [0.15, 0.2) is 255 Å². The van der Waals surface area contributed by atoms with Gasteiger partial charge >= 0.3 is 0 Å². The Balaban J connectivity index is 1.30. The molecule has 0 saturated carbocycles. The van der Waals surface area contributed by atoms with Crippen LogP contribution in [0.3, 0.4) is 0 Å². The van der Waals surface area contributed by atoms with Gasteiger partial charge in [-0.3, -0.25) is 0 Å². The normalized spacial score (nSPS) is 11.8. The Morgan fingerprint density at radius 3 is 1.30 bits per heavy atom. The molecule has 0 saturated heterocycles. The highest BCUT2D eigenvalue weighted by molar-refractivity contribution is 7.20. The summed E-state index contributed by atoms with van der Waals surface area (Å²) < 4.78 is 5.12. The average Bonchev–Trinajstić information content (AvgIpc) is 3.90. The average molecular weight is 819 g/mol. The summed E-state index contributed by atoms with van der Waals surface area (Å²) in [6.07, 6.45) is 0. The predicted molar refractivity (Wildman–Crippen MR) is 270 cm³/mol. The van der Waals surface area contributed by atoms with Crippen LogP contribution in [0, 0.1) is 0 Å². The monoisotopic (exact) mass is 818 g/mol. The lowest BCUT2D eigenvalue weighted by Crippen LogP contribution is -2.74. The third-order valence-corrected chi connectivity index (χ3v) is 17.9. The smallest absolute Gasteiger partial charge is 0.180 e. The van der Waals surface area contributed by atoms with E-state index in [1.54, 1.807) is 0 Å². The van der Waals surface area contributed by atoms with Gasteiger partial charge in [0.1, 0.15) is 0 Å². The molecule has 0 aliphatic carbocycles. The maximum Gasteiger partial charge on any atom is 0.180 e. The van der Waals surface area contributed by atoms with Gasteiger partial charge in [0, 0.05) is 32.7 Å². The highest BCUT2D eigenvalue weighted by atomic mass is 28.3. The molecule has 0 spiro atoms. The minimum absolute atomic E-state index is 1.14. The number of nitrogens with zero attached hydrogens (tertiary/aromatic N) is 2. The zero-order valence-corrected chi connectivity index (χ0v) is 35.6. The van der Waals surface area contributed by atoms with Crippen molar-refractivity contribution < 1.29 is 0 Å². The molecule has 0 aliphatic rings. The molecule has 0 amide bonds. The Labute approximate surface area is 368 Å². The van der Waals surface area contributed by atoms with Crippen molar-refractivity contribution in [3.63, 3.8) is 0 Å². The molecule has 2 aromatic heterocycles. The minimum Gasteiger partial charge on any atom is -0.307 e. The Morgan fingerprint density at radius 1 is 0.270 bits per heavy atom. The molecule has 3 heteroatoms. The highest BCUT2D eigenvalue weighted by Crippen LogP contribution is 2.43. The van der Waals surface area contributed by atoms with Crippen LogP contribution in [0.4, 0.5) is 0 Å². The van der Waals surface area contributed by atoms with Crippen molar-refractivity contribution in [1.82, 2.24) is 9.13 Å². The van der Waals surface area contributed by atoms with E-state index in [-0.39, 0.29) is 0 Å². The number of aromatic nitrogens is 2. The lowest BCUT2D eigenvalue weighted by Gasteiger charge is -2.35. The first-order valence-electron chi connectivity index (χ1n) is 21.8. The summed E-state index contributed by atoms with van der Waals surface area (Å²) in [7, 11) is -3.00. The van der Waals surface area contributed by atoms with Crippen LogP contribution in [0.2, 0.25) is 0 Å². The van der Waals surface area contributed by atoms with Crippen LogP contribution >= 0.6 is 0 Å². The van der Waals surface area contributed by atoms with Gasteiger partial charge in [-0.1, -0.05) is 231 Å². The second kappa shape index (κ2) is 15.2. The molecule has 296 valence electrons. The molecular formula is C60H42N2Si. The molecule has 0 unspecified atom stereocenters. The maximum atomic E-state index is 2.60. The summed E-state index contributed by atoms with van der Waals surface area (Å²) in [5, 5.41) is 10.4. The topological polar surface area (TPSA) is 9.86 Å². The fourth-order valence-electron chi connectivity index (χ4n) is 10.5. The van der Waals surface area contributed by atoms with Crippen LogP contribution in [-0.2, 0) is 0 Å². The van der Waals surface area contributed by atoms with E-state index in [2.05, 4.69) is 264 Å². The molecule has 12 rings (SSSR count). The molecule has 0 radical (unpaired) electrons. The van der Waals surface area contributed by atoms with Gasteiger partial charge < -0.3 is 9.13 Å². The van der Waals surface area contributed by atoms with Crippen molar-refractivity contribution in [3.8, 4) is 33.6 Å². The Hall–Kier alpha value is -7.98. The van der Waals surface area contributed by atoms with Gasteiger partial charge in [0.2, 0.25) is 0 Å². The number of hydrogen-bond donors (Lipinski definition) is 0. The summed E-state index contributed by atoms with van der Waals surface area (Å²) in [5.41, 5.74) is 11.8. The molecule has 0 bridgehead atoms. The van der Waals surface area contributed by atoms with Gasteiger partial charge in [-0.25, -0.2) is 0 Å². The highest BCUT2D eigenvalue weighted by Gasteiger charge is 2.43. The fraction of sp³-hybridized carbons (Fsp3) is 0. The van der Waals surface area contributed by atoms with Gasteiger partial charge in [-0.2, -0.15) is 0 Å².